The van der Waals surface area contributed by atoms with E-state index in [2.05, 4.69) is 22.4 Å². The Balaban J connectivity index is 1.60. The van der Waals surface area contributed by atoms with Gasteiger partial charge in [-0.25, -0.2) is 4.68 Å². The Morgan fingerprint density at radius 1 is 1.36 bits per heavy atom. The SMILES string of the molecule is CCCCn1nnnc1COC(=O)CN1C(=O)COc2ccccc21. The number of carbonyl (C=O) groups is 2. The molecule has 0 fully saturated rings. The molecule has 1 amide bonds. The molecule has 1 aliphatic heterocycles. The molecular formula is C16H19N5O4. The maximum absolute atomic E-state index is 12.2. The predicted molar refractivity (Wildman–Crippen MR) is 86.8 cm³/mol. The summed E-state index contributed by atoms with van der Waals surface area (Å²) in [5, 5.41) is 11.3. The van der Waals surface area contributed by atoms with Crippen LogP contribution in [0.4, 0.5) is 5.69 Å². The molecule has 0 radical (unpaired) electrons. The average molecular weight is 345 g/mol. The third-order valence-electron chi connectivity index (χ3n) is 3.79. The van der Waals surface area contributed by atoms with Gasteiger partial charge >= 0.3 is 5.97 Å². The van der Waals surface area contributed by atoms with Gasteiger partial charge in [0.05, 0.1) is 5.69 Å². The number of unbranched alkanes of at least 4 members (excludes halogenated alkanes) is 1. The fraction of sp³-hybridized carbons (Fsp3) is 0.438. The minimum absolute atomic E-state index is 0.0320. The monoisotopic (exact) mass is 345 g/mol. The Labute approximate surface area is 144 Å². The molecule has 3 rings (SSSR count). The maximum Gasteiger partial charge on any atom is 0.326 e. The van der Waals surface area contributed by atoms with Crippen molar-refractivity contribution in [1.29, 1.82) is 0 Å². The molecule has 0 saturated carbocycles. The van der Waals surface area contributed by atoms with E-state index in [0.717, 1.165) is 12.8 Å². The van der Waals surface area contributed by atoms with Gasteiger partial charge in [0.25, 0.3) is 5.91 Å². The number of para-hydroxylation sites is 2. The third kappa shape index (κ3) is 3.93. The molecule has 9 heteroatoms. The molecule has 1 aromatic heterocycles. The number of carbonyl (C=O) groups excluding carboxylic acids is 2. The van der Waals surface area contributed by atoms with E-state index in [0.29, 0.717) is 23.8 Å². The van der Waals surface area contributed by atoms with E-state index in [1.54, 1.807) is 28.9 Å². The maximum atomic E-state index is 12.2. The zero-order chi connectivity index (χ0) is 17.6. The minimum Gasteiger partial charge on any atom is -0.482 e. The standard InChI is InChI=1S/C16H19N5O4/c1-2-3-8-21-14(17-18-19-21)10-25-16(23)9-20-12-6-4-5-7-13(12)24-11-15(20)22/h4-7H,2-3,8-11H2,1H3. The van der Waals surface area contributed by atoms with Gasteiger partial charge in [0.15, 0.2) is 19.0 Å². The van der Waals surface area contributed by atoms with Crippen molar-refractivity contribution in [2.45, 2.75) is 32.9 Å². The van der Waals surface area contributed by atoms with Crippen molar-refractivity contribution in [2.75, 3.05) is 18.1 Å². The molecule has 0 atom stereocenters. The molecular weight excluding hydrogens is 326 g/mol. The Bertz CT molecular complexity index is 760. The summed E-state index contributed by atoms with van der Waals surface area (Å²) in [4.78, 5) is 25.6. The van der Waals surface area contributed by atoms with Crippen LogP contribution < -0.4 is 9.64 Å². The normalized spacial score (nSPS) is 13.3. The van der Waals surface area contributed by atoms with E-state index >= 15 is 0 Å². The first-order valence-corrected chi connectivity index (χ1v) is 8.12. The molecule has 0 spiro atoms. The highest BCUT2D eigenvalue weighted by atomic mass is 16.5. The van der Waals surface area contributed by atoms with Crippen LogP contribution >= 0.6 is 0 Å². The highest BCUT2D eigenvalue weighted by molar-refractivity contribution is 6.01. The molecule has 0 bridgehead atoms. The van der Waals surface area contributed by atoms with Crippen LogP contribution in [-0.2, 0) is 27.5 Å². The average Bonchev–Trinajstić information content (AvgIpc) is 3.08. The predicted octanol–water partition coefficient (Wildman–Crippen LogP) is 0.942. The lowest BCUT2D eigenvalue weighted by molar-refractivity contribution is -0.144. The zero-order valence-electron chi connectivity index (χ0n) is 13.9. The molecule has 1 aliphatic rings. The first-order valence-electron chi connectivity index (χ1n) is 8.12. The lowest BCUT2D eigenvalue weighted by Crippen LogP contribution is -2.42. The Morgan fingerprint density at radius 3 is 3.04 bits per heavy atom. The summed E-state index contributed by atoms with van der Waals surface area (Å²) in [6, 6.07) is 7.06. The summed E-state index contributed by atoms with van der Waals surface area (Å²) < 4.78 is 12.2. The van der Waals surface area contributed by atoms with Gasteiger partial charge in [0.1, 0.15) is 12.3 Å². The highest BCUT2D eigenvalue weighted by Gasteiger charge is 2.27. The molecule has 132 valence electrons. The van der Waals surface area contributed by atoms with Crippen LogP contribution in [0.3, 0.4) is 0 Å². The van der Waals surface area contributed by atoms with Crippen molar-refractivity contribution >= 4 is 17.6 Å². The van der Waals surface area contributed by atoms with Crippen LogP contribution in [0.2, 0.25) is 0 Å². The van der Waals surface area contributed by atoms with E-state index in [1.165, 1.54) is 4.90 Å². The number of anilines is 1. The van der Waals surface area contributed by atoms with Gasteiger partial charge < -0.3 is 9.47 Å². The van der Waals surface area contributed by atoms with Crippen molar-refractivity contribution < 1.29 is 19.1 Å². The van der Waals surface area contributed by atoms with E-state index in [1.807, 2.05) is 0 Å². The molecule has 2 heterocycles. The van der Waals surface area contributed by atoms with Gasteiger partial charge in [-0.1, -0.05) is 25.5 Å². The van der Waals surface area contributed by atoms with E-state index < -0.39 is 5.97 Å². The molecule has 0 aliphatic carbocycles. The topological polar surface area (TPSA) is 99.4 Å². The molecule has 25 heavy (non-hydrogen) atoms. The van der Waals surface area contributed by atoms with E-state index in [9.17, 15) is 9.59 Å². The van der Waals surface area contributed by atoms with Crippen LogP contribution in [-0.4, -0.2) is 45.2 Å². The number of rotatable bonds is 7. The largest absolute Gasteiger partial charge is 0.482 e. The number of aromatic nitrogens is 4. The number of aryl methyl sites for hydroxylation is 1. The number of fused-ring (bicyclic) bond motifs is 1. The number of esters is 1. The molecule has 0 saturated heterocycles. The summed E-state index contributed by atoms with van der Waals surface area (Å²) in [5.41, 5.74) is 0.559. The van der Waals surface area contributed by atoms with Gasteiger partial charge in [-0.05, 0) is 29.0 Å². The lowest BCUT2D eigenvalue weighted by Gasteiger charge is -2.28. The molecule has 9 nitrogen and oxygen atoms in total. The van der Waals surface area contributed by atoms with Gasteiger partial charge in [0, 0.05) is 6.54 Å². The summed E-state index contributed by atoms with van der Waals surface area (Å²) in [5.74, 6) is 0.229. The smallest absolute Gasteiger partial charge is 0.326 e. The number of ether oxygens (including phenoxy) is 2. The first-order chi connectivity index (χ1) is 12.2. The fourth-order valence-corrected chi connectivity index (χ4v) is 2.46. The number of tetrazole rings is 1. The number of hydrogen-bond donors (Lipinski definition) is 0. The van der Waals surface area contributed by atoms with Crippen LogP contribution in [0.5, 0.6) is 5.75 Å². The Morgan fingerprint density at radius 2 is 2.20 bits per heavy atom. The molecule has 0 N–H and O–H groups in total. The minimum atomic E-state index is -0.532. The van der Waals surface area contributed by atoms with Crippen molar-refractivity contribution in [1.82, 2.24) is 20.2 Å². The summed E-state index contributed by atoms with van der Waals surface area (Å²) in [6.45, 7) is 2.43. The van der Waals surface area contributed by atoms with Crippen LogP contribution in [0.15, 0.2) is 24.3 Å². The Kier molecular flexibility index (Phi) is 5.22. The van der Waals surface area contributed by atoms with Crippen molar-refractivity contribution in [3.63, 3.8) is 0 Å². The second-order valence-electron chi connectivity index (χ2n) is 5.57. The van der Waals surface area contributed by atoms with E-state index in [-0.39, 0.29) is 25.7 Å². The lowest BCUT2D eigenvalue weighted by atomic mass is 10.2. The van der Waals surface area contributed by atoms with Crippen molar-refractivity contribution in [2.24, 2.45) is 0 Å². The van der Waals surface area contributed by atoms with Gasteiger partial charge in [-0.3, -0.25) is 14.5 Å². The second kappa shape index (κ2) is 7.73. The molecule has 0 unspecified atom stereocenters. The zero-order valence-corrected chi connectivity index (χ0v) is 13.9. The van der Waals surface area contributed by atoms with Gasteiger partial charge in [-0.2, -0.15) is 0 Å². The number of nitrogens with zero attached hydrogens (tertiary/aromatic N) is 5. The van der Waals surface area contributed by atoms with Crippen molar-refractivity contribution in [3.05, 3.63) is 30.1 Å². The number of hydrogen-bond acceptors (Lipinski definition) is 7. The van der Waals surface area contributed by atoms with Crippen LogP contribution in [0.1, 0.15) is 25.6 Å². The second-order valence-corrected chi connectivity index (χ2v) is 5.57. The number of benzene rings is 1. The fourth-order valence-electron chi connectivity index (χ4n) is 2.46. The summed E-state index contributed by atoms with van der Waals surface area (Å²) >= 11 is 0. The first kappa shape index (κ1) is 16.9. The molecule has 2 aromatic rings. The molecule has 1 aromatic carbocycles. The van der Waals surface area contributed by atoms with Crippen LogP contribution in [0.25, 0.3) is 0 Å². The third-order valence-corrected chi connectivity index (χ3v) is 3.79. The van der Waals surface area contributed by atoms with Crippen LogP contribution in [0, 0.1) is 0 Å². The summed E-state index contributed by atoms with van der Waals surface area (Å²) in [7, 11) is 0. The van der Waals surface area contributed by atoms with E-state index in [4.69, 9.17) is 9.47 Å². The highest BCUT2D eigenvalue weighted by Crippen LogP contribution is 2.31. The van der Waals surface area contributed by atoms with Gasteiger partial charge in [-0.15, -0.1) is 5.10 Å². The number of amides is 1. The quantitative estimate of drug-likeness (QED) is 0.689. The van der Waals surface area contributed by atoms with Crippen molar-refractivity contribution in [3.8, 4) is 5.75 Å². The van der Waals surface area contributed by atoms with Gasteiger partial charge in [0.2, 0.25) is 0 Å². The Hall–Kier alpha value is -2.97. The summed E-state index contributed by atoms with van der Waals surface area (Å²) in [6.07, 6.45) is 1.95.